The number of hydrogen-bond acceptors (Lipinski definition) is 4. The Labute approximate surface area is 156 Å². The first kappa shape index (κ1) is 19.4. The molecule has 1 aliphatic rings. The summed E-state index contributed by atoms with van der Waals surface area (Å²) in [7, 11) is -3.39. The highest BCUT2D eigenvalue weighted by atomic mass is 32.2. The Balaban J connectivity index is 1.64. The van der Waals surface area contributed by atoms with E-state index in [2.05, 4.69) is 10.6 Å². The average Bonchev–Trinajstić information content (AvgIpc) is 2.95. The molecule has 0 spiro atoms. The minimum absolute atomic E-state index is 0.0779. The molecular weight excluding hydrogens is 374 g/mol. The molecule has 0 saturated carbocycles. The number of hydrogen-bond donors (Lipinski definition) is 2. The second-order valence-corrected chi connectivity index (χ2v) is 8.77. The molecule has 1 fully saturated rings. The number of anilines is 1. The summed E-state index contributed by atoms with van der Waals surface area (Å²) in [5, 5.41) is 5.06. The first-order valence-corrected chi connectivity index (χ1v) is 10.3. The molecule has 1 unspecified atom stereocenters. The van der Waals surface area contributed by atoms with Gasteiger partial charge in [-0.25, -0.2) is 17.2 Å². The third kappa shape index (κ3) is 5.58. The van der Waals surface area contributed by atoms with Crippen molar-refractivity contribution in [1.82, 2.24) is 5.32 Å². The number of halogens is 2. The molecule has 1 amide bonds. The zero-order chi connectivity index (χ0) is 19.5. The predicted octanol–water partition coefficient (Wildman–Crippen LogP) is 2.74. The van der Waals surface area contributed by atoms with Gasteiger partial charge in [-0.2, -0.15) is 0 Å². The van der Waals surface area contributed by atoms with Crippen molar-refractivity contribution in [3.8, 4) is 0 Å². The van der Waals surface area contributed by atoms with E-state index in [1.54, 1.807) is 48.5 Å². The molecule has 27 heavy (non-hydrogen) atoms. The van der Waals surface area contributed by atoms with Gasteiger partial charge in [0.25, 0.3) is 5.92 Å². The van der Waals surface area contributed by atoms with Crippen molar-refractivity contribution in [2.75, 3.05) is 11.9 Å². The molecule has 2 aromatic rings. The fraction of sp³-hybridized carbons (Fsp3) is 0.316. The molecule has 1 atom stereocenters. The lowest BCUT2D eigenvalue weighted by molar-refractivity contribution is -0.118. The highest BCUT2D eigenvalue weighted by Gasteiger charge is 2.42. The Morgan fingerprint density at radius 1 is 1.07 bits per heavy atom. The van der Waals surface area contributed by atoms with Crippen molar-refractivity contribution >= 4 is 21.4 Å². The van der Waals surface area contributed by atoms with Gasteiger partial charge in [0.1, 0.15) is 0 Å². The van der Waals surface area contributed by atoms with Gasteiger partial charge in [0.15, 0.2) is 9.84 Å². The standard InChI is InChI=1S/C19H20F2N2O3S/c20-19(21)10-17(22-13-19)18(24)23-16-8-4-7-15(9-16)12-27(25,26)11-14-5-2-1-3-6-14/h1-9,17,22H,10-13H2,(H,23,24). The maximum Gasteiger partial charge on any atom is 0.262 e. The van der Waals surface area contributed by atoms with E-state index in [0.29, 0.717) is 16.8 Å². The molecule has 144 valence electrons. The van der Waals surface area contributed by atoms with Crippen LogP contribution in [0.5, 0.6) is 0 Å². The number of alkyl halides is 2. The molecular formula is C19H20F2N2O3S. The lowest BCUT2D eigenvalue weighted by atomic mass is 10.1. The molecule has 1 heterocycles. The average molecular weight is 394 g/mol. The van der Waals surface area contributed by atoms with E-state index in [0.717, 1.165) is 0 Å². The Hall–Kier alpha value is -2.32. The van der Waals surface area contributed by atoms with Crippen LogP contribution in [0, 0.1) is 0 Å². The highest BCUT2D eigenvalue weighted by Crippen LogP contribution is 2.26. The topological polar surface area (TPSA) is 75.3 Å². The van der Waals surface area contributed by atoms with Gasteiger partial charge in [-0.3, -0.25) is 10.1 Å². The summed E-state index contributed by atoms with van der Waals surface area (Å²) in [4.78, 5) is 12.1. The Morgan fingerprint density at radius 3 is 2.41 bits per heavy atom. The molecule has 1 saturated heterocycles. The Bertz CT molecular complexity index is 918. The van der Waals surface area contributed by atoms with Crippen molar-refractivity contribution < 1.29 is 22.0 Å². The number of rotatable bonds is 6. The van der Waals surface area contributed by atoms with E-state index in [9.17, 15) is 22.0 Å². The van der Waals surface area contributed by atoms with Gasteiger partial charge in [0.05, 0.1) is 24.1 Å². The third-order valence-electron chi connectivity index (χ3n) is 4.24. The molecule has 3 rings (SSSR count). The summed E-state index contributed by atoms with van der Waals surface area (Å²) in [6, 6.07) is 14.3. The predicted molar refractivity (Wildman–Crippen MR) is 99.2 cm³/mol. The molecule has 0 radical (unpaired) electrons. The Morgan fingerprint density at radius 2 is 1.74 bits per heavy atom. The van der Waals surface area contributed by atoms with Crippen LogP contribution in [-0.2, 0) is 26.1 Å². The summed E-state index contributed by atoms with van der Waals surface area (Å²) in [6.07, 6.45) is -0.552. The lowest BCUT2D eigenvalue weighted by Crippen LogP contribution is -2.35. The quantitative estimate of drug-likeness (QED) is 0.790. The molecule has 0 aromatic heterocycles. The number of nitrogens with one attached hydrogen (secondary N) is 2. The molecule has 2 N–H and O–H groups in total. The van der Waals surface area contributed by atoms with Crippen LogP contribution in [-0.4, -0.2) is 32.8 Å². The summed E-state index contributed by atoms with van der Waals surface area (Å²) >= 11 is 0. The van der Waals surface area contributed by atoms with Crippen molar-refractivity contribution in [3.05, 3.63) is 65.7 Å². The van der Waals surface area contributed by atoms with Crippen LogP contribution in [0.2, 0.25) is 0 Å². The minimum atomic E-state index is -3.39. The van der Waals surface area contributed by atoms with Crippen LogP contribution >= 0.6 is 0 Å². The number of sulfone groups is 1. The normalized spacial score (nSPS) is 19.0. The van der Waals surface area contributed by atoms with Crippen molar-refractivity contribution in [3.63, 3.8) is 0 Å². The SMILES string of the molecule is O=C(Nc1cccc(CS(=O)(=O)Cc2ccccc2)c1)C1CC(F)(F)CN1. The van der Waals surface area contributed by atoms with E-state index in [1.807, 2.05) is 6.07 Å². The first-order valence-electron chi connectivity index (χ1n) is 8.48. The third-order valence-corrected chi connectivity index (χ3v) is 5.78. The minimum Gasteiger partial charge on any atom is -0.325 e. The van der Waals surface area contributed by atoms with E-state index in [-0.39, 0.29) is 11.5 Å². The maximum absolute atomic E-state index is 13.2. The lowest BCUT2D eigenvalue weighted by Gasteiger charge is -2.12. The summed E-state index contributed by atoms with van der Waals surface area (Å²) in [5.74, 6) is -3.71. The number of benzene rings is 2. The maximum atomic E-state index is 13.2. The fourth-order valence-electron chi connectivity index (χ4n) is 3.00. The number of carbonyl (C=O) groups excluding carboxylic acids is 1. The van der Waals surface area contributed by atoms with Crippen molar-refractivity contribution in [2.24, 2.45) is 0 Å². The molecule has 5 nitrogen and oxygen atoms in total. The van der Waals surface area contributed by atoms with Gasteiger partial charge in [0.2, 0.25) is 5.91 Å². The second kappa shape index (κ2) is 7.74. The van der Waals surface area contributed by atoms with E-state index in [1.165, 1.54) is 0 Å². The molecule has 1 aliphatic heterocycles. The van der Waals surface area contributed by atoms with Crippen LogP contribution in [0.4, 0.5) is 14.5 Å². The molecule has 8 heteroatoms. The monoisotopic (exact) mass is 394 g/mol. The summed E-state index contributed by atoms with van der Waals surface area (Å²) in [6.45, 7) is -0.525. The van der Waals surface area contributed by atoms with Crippen LogP contribution in [0.15, 0.2) is 54.6 Å². The van der Waals surface area contributed by atoms with Gasteiger partial charge < -0.3 is 5.32 Å². The van der Waals surface area contributed by atoms with Crippen LogP contribution in [0.3, 0.4) is 0 Å². The largest absolute Gasteiger partial charge is 0.325 e. The van der Waals surface area contributed by atoms with E-state index < -0.39 is 40.7 Å². The summed E-state index contributed by atoms with van der Waals surface area (Å²) in [5.41, 5.74) is 1.60. The zero-order valence-electron chi connectivity index (χ0n) is 14.5. The van der Waals surface area contributed by atoms with Crippen LogP contribution in [0.25, 0.3) is 0 Å². The second-order valence-electron chi connectivity index (χ2n) is 6.70. The van der Waals surface area contributed by atoms with E-state index in [4.69, 9.17) is 0 Å². The van der Waals surface area contributed by atoms with Crippen LogP contribution < -0.4 is 10.6 Å². The fourth-order valence-corrected chi connectivity index (χ4v) is 4.49. The van der Waals surface area contributed by atoms with Gasteiger partial charge in [0, 0.05) is 12.1 Å². The highest BCUT2D eigenvalue weighted by molar-refractivity contribution is 7.89. The van der Waals surface area contributed by atoms with Crippen molar-refractivity contribution in [1.29, 1.82) is 0 Å². The van der Waals surface area contributed by atoms with Crippen molar-refractivity contribution in [2.45, 2.75) is 29.9 Å². The smallest absolute Gasteiger partial charge is 0.262 e. The van der Waals surface area contributed by atoms with Gasteiger partial charge in [-0.1, -0.05) is 42.5 Å². The van der Waals surface area contributed by atoms with E-state index >= 15 is 0 Å². The first-order chi connectivity index (χ1) is 12.7. The zero-order valence-corrected chi connectivity index (χ0v) is 15.3. The van der Waals surface area contributed by atoms with Crippen LogP contribution in [0.1, 0.15) is 17.5 Å². The Kier molecular flexibility index (Phi) is 5.57. The molecule has 2 aromatic carbocycles. The van der Waals surface area contributed by atoms with Gasteiger partial charge in [-0.05, 0) is 23.3 Å². The molecule has 0 aliphatic carbocycles. The van der Waals surface area contributed by atoms with Gasteiger partial charge in [-0.15, -0.1) is 0 Å². The molecule has 0 bridgehead atoms. The summed E-state index contributed by atoms with van der Waals surface area (Å²) < 4.78 is 51.2. The van der Waals surface area contributed by atoms with Gasteiger partial charge >= 0.3 is 0 Å². The number of amides is 1. The number of carbonyl (C=O) groups is 1.